The van der Waals surface area contributed by atoms with Crippen LogP contribution in [0.25, 0.3) is 17.2 Å². The summed E-state index contributed by atoms with van der Waals surface area (Å²) >= 11 is 1.55. The first kappa shape index (κ1) is 23.4. The highest BCUT2D eigenvalue weighted by molar-refractivity contribution is 7.98. The highest BCUT2D eigenvalue weighted by atomic mass is 32.2. The Morgan fingerprint density at radius 2 is 1.83 bits per heavy atom. The Morgan fingerprint density at radius 1 is 1.00 bits per heavy atom. The number of fused-ring (bicyclic) bond motifs is 1. The van der Waals surface area contributed by atoms with E-state index < -0.39 is 0 Å². The van der Waals surface area contributed by atoms with Crippen LogP contribution in [0.5, 0.6) is 0 Å². The van der Waals surface area contributed by atoms with Crippen molar-refractivity contribution in [2.75, 3.05) is 32.7 Å². The molecule has 2 heterocycles. The normalized spacial score (nSPS) is 14.7. The van der Waals surface area contributed by atoms with Gasteiger partial charge in [0.15, 0.2) is 5.58 Å². The van der Waals surface area contributed by atoms with Crippen molar-refractivity contribution < 1.29 is 9.21 Å². The van der Waals surface area contributed by atoms with E-state index >= 15 is 0 Å². The molecular weight excluding hydrogens is 454 g/mol. The van der Waals surface area contributed by atoms with Gasteiger partial charge >= 0.3 is 0 Å². The number of aromatic nitrogens is 1. The van der Waals surface area contributed by atoms with Crippen LogP contribution >= 0.6 is 11.8 Å². The minimum absolute atomic E-state index is 0.105. The highest BCUT2D eigenvalue weighted by Gasteiger charge is 2.21. The van der Waals surface area contributed by atoms with Crippen molar-refractivity contribution in [3.8, 4) is 0 Å². The summed E-state index contributed by atoms with van der Waals surface area (Å²) in [5.74, 6) is 0.808. The van der Waals surface area contributed by atoms with Crippen LogP contribution in [-0.2, 0) is 5.75 Å². The predicted molar refractivity (Wildman–Crippen MR) is 143 cm³/mol. The van der Waals surface area contributed by atoms with Crippen LogP contribution in [0.2, 0.25) is 0 Å². The van der Waals surface area contributed by atoms with E-state index in [1.54, 1.807) is 11.8 Å². The van der Waals surface area contributed by atoms with Gasteiger partial charge in [-0.2, -0.15) is 0 Å². The van der Waals surface area contributed by atoms with Gasteiger partial charge in [-0.1, -0.05) is 72.4 Å². The second-order valence-electron chi connectivity index (χ2n) is 8.85. The number of amides is 1. The molecule has 0 saturated carbocycles. The van der Waals surface area contributed by atoms with Crippen LogP contribution in [0.1, 0.15) is 27.0 Å². The lowest BCUT2D eigenvalue weighted by molar-refractivity contribution is 0.0650. The zero-order chi connectivity index (χ0) is 24.0. The zero-order valence-electron chi connectivity index (χ0n) is 19.9. The van der Waals surface area contributed by atoms with E-state index in [1.807, 2.05) is 72.5 Å². The van der Waals surface area contributed by atoms with Crippen molar-refractivity contribution in [2.24, 2.45) is 0 Å². The monoisotopic (exact) mass is 483 g/mol. The largest absolute Gasteiger partial charge is 0.431 e. The second-order valence-corrected chi connectivity index (χ2v) is 9.77. The van der Waals surface area contributed by atoms with Gasteiger partial charge in [0.2, 0.25) is 0 Å². The average Bonchev–Trinajstić information content (AvgIpc) is 3.30. The number of carbonyl (C=O) groups excluding carboxylic acids is 1. The first-order chi connectivity index (χ1) is 17.1. The fourth-order valence-corrected chi connectivity index (χ4v) is 5.02. The number of carbonyl (C=O) groups is 1. The quantitative estimate of drug-likeness (QED) is 0.306. The van der Waals surface area contributed by atoms with E-state index in [9.17, 15) is 4.79 Å². The lowest BCUT2D eigenvalue weighted by Crippen LogP contribution is -2.48. The van der Waals surface area contributed by atoms with Crippen LogP contribution < -0.4 is 0 Å². The molecule has 5 nitrogen and oxygen atoms in total. The minimum Gasteiger partial charge on any atom is -0.431 e. The van der Waals surface area contributed by atoms with Crippen LogP contribution in [0.4, 0.5) is 0 Å². The molecule has 3 aromatic carbocycles. The Kier molecular flexibility index (Phi) is 7.31. The van der Waals surface area contributed by atoms with Crippen molar-refractivity contribution >= 4 is 34.8 Å². The summed E-state index contributed by atoms with van der Waals surface area (Å²) in [5, 5.41) is 0.653. The van der Waals surface area contributed by atoms with Crippen LogP contribution in [0.15, 0.2) is 88.5 Å². The number of aryl methyl sites for hydroxylation is 1. The van der Waals surface area contributed by atoms with Crippen molar-refractivity contribution in [2.45, 2.75) is 17.9 Å². The number of nitrogens with zero attached hydrogens (tertiary/aromatic N) is 3. The number of hydrogen-bond donors (Lipinski definition) is 0. The molecule has 1 amide bonds. The number of rotatable bonds is 7. The maximum atomic E-state index is 13.1. The Bertz CT molecular complexity index is 1320. The number of hydrogen-bond acceptors (Lipinski definition) is 5. The van der Waals surface area contributed by atoms with Crippen molar-refractivity contribution in [1.29, 1.82) is 0 Å². The van der Waals surface area contributed by atoms with E-state index in [4.69, 9.17) is 4.42 Å². The van der Waals surface area contributed by atoms with E-state index in [0.29, 0.717) is 11.0 Å². The molecule has 1 aliphatic heterocycles. The molecule has 178 valence electrons. The van der Waals surface area contributed by atoms with Gasteiger partial charge in [0, 0.05) is 44.0 Å². The van der Waals surface area contributed by atoms with Gasteiger partial charge in [-0.05, 0) is 47.9 Å². The number of benzene rings is 3. The van der Waals surface area contributed by atoms with Gasteiger partial charge in [-0.15, -0.1) is 0 Å². The molecule has 35 heavy (non-hydrogen) atoms. The van der Waals surface area contributed by atoms with Crippen LogP contribution in [0.3, 0.4) is 0 Å². The van der Waals surface area contributed by atoms with Gasteiger partial charge < -0.3 is 9.32 Å². The Hall–Kier alpha value is -3.35. The molecule has 0 unspecified atom stereocenters. The van der Waals surface area contributed by atoms with Gasteiger partial charge in [0.1, 0.15) is 5.52 Å². The molecule has 1 aliphatic rings. The molecule has 0 N–H and O–H groups in total. The van der Waals surface area contributed by atoms with E-state index in [-0.39, 0.29) is 5.91 Å². The molecule has 0 atom stereocenters. The minimum atomic E-state index is 0.105. The first-order valence-electron chi connectivity index (χ1n) is 12.0. The number of piperazine rings is 1. The van der Waals surface area contributed by atoms with E-state index in [0.717, 1.165) is 60.5 Å². The standard InChI is InChI=1S/C29H29N3O2S/c1-22-12-13-27-26(19-22)30-29(34-27)35-21-24-9-5-11-25(20-24)28(33)32-17-15-31(16-18-32)14-6-10-23-7-3-2-4-8-23/h2-13,19-20H,14-18,21H2,1H3/b10-6+. The molecule has 1 aromatic heterocycles. The first-order valence-corrected chi connectivity index (χ1v) is 12.9. The number of oxazole rings is 1. The molecule has 0 spiro atoms. The highest BCUT2D eigenvalue weighted by Crippen LogP contribution is 2.27. The van der Waals surface area contributed by atoms with Gasteiger partial charge in [0.25, 0.3) is 11.1 Å². The molecule has 0 radical (unpaired) electrons. The molecule has 0 aliphatic carbocycles. The zero-order valence-corrected chi connectivity index (χ0v) is 20.7. The van der Waals surface area contributed by atoms with E-state index in [1.165, 1.54) is 5.56 Å². The van der Waals surface area contributed by atoms with Gasteiger partial charge in [-0.25, -0.2) is 4.98 Å². The third-order valence-electron chi connectivity index (χ3n) is 6.19. The smallest absolute Gasteiger partial charge is 0.257 e. The van der Waals surface area contributed by atoms with Crippen molar-refractivity contribution in [1.82, 2.24) is 14.8 Å². The maximum absolute atomic E-state index is 13.1. The maximum Gasteiger partial charge on any atom is 0.257 e. The molecule has 1 fully saturated rings. The third kappa shape index (κ3) is 6.02. The Morgan fingerprint density at radius 3 is 2.66 bits per heavy atom. The Balaban J connectivity index is 1.13. The van der Waals surface area contributed by atoms with Crippen LogP contribution in [-0.4, -0.2) is 53.4 Å². The summed E-state index contributed by atoms with van der Waals surface area (Å²) in [4.78, 5) is 22.1. The van der Waals surface area contributed by atoms with Crippen LogP contribution in [0, 0.1) is 6.92 Å². The van der Waals surface area contributed by atoms with Crippen molar-refractivity contribution in [3.63, 3.8) is 0 Å². The Labute approximate surface area is 210 Å². The molecule has 4 aromatic rings. The summed E-state index contributed by atoms with van der Waals surface area (Å²) in [7, 11) is 0. The predicted octanol–water partition coefficient (Wildman–Crippen LogP) is 5.90. The summed E-state index contributed by atoms with van der Waals surface area (Å²) in [6.45, 7) is 6.22. The van der Waals surface area contributed by atoms with Gasteiger partial charge in [0.05, 0.1) is 0 Å². The lowest BCUT2D eigenvalue weighted by atomic mass is 10.1. The molecule has 1 saturated heterocycles. The lowest BCUT2D eigenvalue weighted by Gasteiger charge is -2.34. The summed E-state index contributed by atoms with van der Waals surface area (Å²) in [6.07, 6.45) is 4.36. The summed E-state index contributed by atoms with van der Waals surface area (Å²) in [6, 6.07) is 24.3. The van der Waals surface area contributed by atoms with Gasteiger partial charge in [-0.3, -0.25) is 9.69 Å². The fraction of sp³-hybridized carbons (Fsp3) is 0.241. The molecule has 6 heteroatoms. The second kappa shape index (κ2) is 10.9. The number of thioether (sulfide) groups is 1. The van der Waals surface area contributed by atoms with E-state index in [2.05, 4.69) is 34.2 Å². The third-order valence-corrected chi connectivity index (χ3v) is 7.09. The van der Waals surface area contributed by atoms with Crippen molar-refractivity contribution in [3.05, 3.63) is 101 Å². The average molecular weight is 484 g/mol. The SMILES string of the molecule is Cc1ccc2oc(SCc3cccc(C(=O)N4CCN(C/C=C/c5ccccc5)CC4)c3)nc2c1. The summed E-state index contributed by atoms with van der Waals surface area (Å²) < 4.78 is 5.85. The fourth-order valence-electron chi connectivity index (χ4n) is 4.24. The summed E-state index contributed by atoms with van der Waals surface area (Å²) in [5.41, 5.74) is 5.89. The topological polar surface area (TPSA) is 49.6 Å². The molecule has 5 rings (SSSR count). The molecular formula is C29H29N3O2S. The molecule has 0 bridgehead atoms.